The Balaban J connectivity index is 2.42. The number of likely N-dealkylation sites (N-methyl/N-ethyl adjacent to an activating group) is 1. The molecule has 0 aromatic heterocycles. The Morgan fingerprint density at radius 3 is 2.37 bits per heavy atom. The van der Waals surface area contributed by atoms with Gasteiger partial charge in [-0.1, -0.05) is 13.8 Å². The van der Waals surface area contributed by atoms with Crippen molar-refractivity contribution in [3.63, 3.8) is 0 Å². The van der Waals surface area contributed by atoms with Gasteiger partial charge in [0, 0.05) is 33.2 Å². The quantitative estimate of drug-likeness (QED) is 0.298. The Hall–Kier alpha value is -1.54. The van der Waals surface area contributed by atoms with Gasteiger partial charge < -0.3 is 30.5 Å². The third kappa shape index (κ3) is 10.5. The fourth-order valence-corrected chi connectivity index (χ4v) is 3.55. The summed E-state index contributed by atoms with van der Waals surface area (Å²) in [6, 6.07) is 0. The van der Waals surface area contributed by atoms with Crippen LogP contribution in [0.3, 0.4) is 0 Å². The van der Waals surface area contributed by atoms with Crippen LogP contribution >= 0.6 is 0 Å². The molecule has 3 N–H and O–H groups in total. The van der Waals surface area contributed by atoms with Crippen LogP contribution in [0.4, 0.5) is 4.79 Å². The van der Waals surface area contributed by atoms with Crippen molar-refractivity contribution in [2.24, 2.45) is 4.99 Å². The Morgan fingerprint density at radius 1 is 1.07 bits per heavy atom. The first-order valence-electron chi connectivity index (χ1n) is 11.5. The Labute approximate surface area is 184 Å². The Kier molecular flexibility index (Phi) is 11.5. The third-order valence-corrected chi connectivity index (χ3v) is 5.69. The molecule has 0 aromatic carbocycles. The highest BCUT2D eigenvalue weighted by molar-refractivity contribution is 5.79. The number of alkyl carbamates (subject to hydrolysis) is 1. The molecule has 0 bridgehead atoms. The molecule has 1 rings (SSSR count). The molecule has 0 spiro atoms. The van der Waals surface area contributed by atoms with E-state index in [-0.39, 0.29) is 11.6 Å². The van der Waals surface area contributed by atoms with E-state index in [9.17, 15) is 4.79 Å². The molecule has 1 aliphatic rings. The minimum absolute atomic E-state index is 0.376. The number of carbonyl (C=O) groups is 1. The molecule has 0 aromatic rings. The van der Waals surface area contributed by atoms with Crippen molar-refractivity contribution in [3.05, 3.63) is 0 Å². The van der Waals surface area contributed by atoms with E-state index in [1.807, 2.05) is 20.8 Å². The molecule has 8 heteroatoms. The second-order valence-corrected chi connectivity index (χ2v) is 9.32. The van der Waals surface area contributed by atoms with Gasteiger partial charge in [0.25, 0.3) is 0 Å². The van der Waals surface area contributed by atoms with Gasteiger partial charge in [0.05, 0.1) is 5.54 Å². The summed E-state index contributed by atoms with van der Waals surface area (Å²) in [5.74, 6) is 0.767. The number of amides is 1. The number of carbonyl (C=O) groups excluding carboxylic acids is 1. The van der Waals surface area contributed by atoms with Gasteiger partial charge in [-0.05, 0) is 73.1 Å². The molecule has 0 aliphatic carbocycles. The number of aliphatic imine (C=N–C) groups is 1. The number of nitrogens with one attached hydrogen (secondary N) is 3. The SMILES string of the molecule is CCC(CC)(CNC(=NC)NCCCN1CCCN(C)CC1)NC(=O)OC(C)(C)C. The lowest BCUT2D eigenvalue weighted by Crippen LogP contribution is -2.57. The molecule has 1 saturated heterocycles. The molecule has 1 heterocycles. The summed E-state index contributed by atoms with van der Waals surface area (Å²) < 4.78 is 5.45. The maximum Gasteiger partial charge on any atom is 0.408 e. The van der Waals surface area contributed by atoms with E-state index in [0.29, 0.717) is 6.54 Å². The maximum absolute atomic E-state index is 12.3. The lowest BCUT2D eigenvalue weighted by Gasteiger charge is -2.34. The van der Waals surface area contributed by atoms with Gasteiger partial charge in [0.2, 0.25) is 0 Å². The van der Waals surface area contributed by atoms with Crippen molar-refractivity contribution in [3.8, 4) is 0 Å². The molecule has 0 saturated carbocycles. The molecule has 0 atom stereocenters. The van der Waals surface area contributed by atoms with Crippen molar-refractivity contribution >= 4 is 12.1 Å². The maximum atomic E-state index is 12.3. The lowest BCUT2D eigenvalue weighted by molar-refractivity contribution is 0.0448. The monoisotopic (exact) mass is 426 g/mol. The number of hydrogen-bond acceptors (Lipinski definition) is 5. The molecule has 8 nitrogen and oxygen atoms in total. The number of rotatable bonds is 9. The van der Waals surface area contributed by atoms with E-state index in [2.05, 4.69) is 51.6 Å². The fraction of sp³-hybridized carbons (Fsp3) is 0.909. The standard InChI is InChI=1S/C22H46N6O2/c1-8-22(9-2,26-20(29)30-21(3,4)5)18-25-19(23-6)24-12-10-14-28-15-11-13-27(7)16-17-28/h8-18H2,1-7H3,(H,26,29)(H2,23,24,25). The minimum Gasteiger partial charge on any atom is -0.444 e. The van der Waals surface area contributed by atoms with Crippen LogP contribution < -0.4 is 16.0 Å². The van der Waals surface area contributed by atoms with Crippen LogP contribution in [-0.4, -0.2) is 92.9 Å². The van der Waals surface area contributed by atoms with Gasteiger partial charge in [-0.15, -0.1) is 0 Å². The van der Waals surface area contributed by atoms with E-state index in [1.54, 1.807) is 7.05 Å². The van der Waals surface area contributed by atoms with Crippen LogP contribution in [-0.2, 0) is 4.74 Å². The summed E-state index contributed by atoms with van der Waals surface area (Å²) in [5, 5.41) is 9.86. The van der Waals surface area contributed by atoms with E-state index in [1.165, 1.54) is 19.5 Å². The highest BCUT2D eigenvalue weighted by Crippen LogP contribution is 2.16. The summed E-state index contributed by atoms with van der Waals surface area (Å²) in [5.41, 5.74) is -0.886. The highest BCUT2D eigenvalue weighted by atomic mass is 16.6. The van der Waals surface area contributed by atoms with Crippen molar-refractivity contribution in [1.29, 1.82) is 0 Å². The van der Waals surface area contributed by atoms with Crippen LogP contribution in [0.25, 0.3) is 0 Å². The van der Waals surface area contributed by atoms with Crippen molar-refractivity contribution in [1.82, 2.24) is 25.8 Å². The number of nitrogens with zero attached hydrogens (tertiary/aromatic N) is 3. The van der Waals surface area contributed by atoms with Crippen molar-refractivity contribution in [2.75, 3.05) is 59.9 Å². The molecule has 176 valence electrons. The molecule has 0 radical (unpaired) electrons. The van der Waals surface area contributed by atoms with Crippen molar-refractivity contribution < 1.29 is 9.53 Å². The first kappa shape index (κ1) is 26.5. The molecule has 1 fully saturated rings. The van der Waals surface area contributed by atoms with E-state index < -0.39 is 5.60 Å². The van der Waals surface area contributed by atoms with E-state index in [0.717, 1.165) is 51.4 Å². The molecular formula is C22H46N6O2. The zero-order valence-electron chi connectivity index (χ0n) is 20.4. The predicted octanol–water partition coefficient (Wildman–Crippen LogP) is 2.26. The number of ether oxygens (including phenoxy) is 1. The topological polar surface area (TPSA) is 81.2 Å². The molecule has 1 aliphatic heterocycles. The second kappa shape index (κ2) is 13.0. The van der Waals surface area contributed by atoms with Crippen LogP contribution in [0.2, 0.25) is 0 Å². The van der Waals surface area contributed by atoms with Crippen LogP contribution in [0.1, 0.15) is 60.3 Å². The first-order valence-corrected chi connectivity index (χ1v) is 11.5. The van der Waals surface area contributed by atoms with Gasteiger partial charge >= 0.3 is 6.09 Å². The average Bonchev–Trinajstić information content (AvgIpc) is 2.89. The van der Waals surface area contributed by atoms with Gasteiger partial charge in [0.1, 0.15) is 5.60 Å². The largest absolute Gasteiger partial charge is 0.444 e. The summed E-state index contributed by atoms with van der Waals surface area (Å²) in [6.07, 6.45) is 3.55. The summed E-state index contributed by atoms with van der Waals surface area (Å²) in [4.78, 5) is 21.6. The molecule has 1 amide bonds. The smallest absolute Gasteiger partial charge is 0.408 e. The van der Waals surface area contributed by atoms with E-state index in [4.69, 9.17) is 4.74 Å². The predicted molar refractivity (Wildman–Crippen MR) is 125 cm³/mol. The van der Waals surface area contributed by atoms with Gasteiger partial charge in [0.15, 0.2) is 5.96 Å². The molecule has 0 unspecified atom stereocenters. The summed E-state index contributed by atoms with van der Waals surface area (Å²) in [6.45, 7) is 17.0. The van der Waals surface area contributed by atoms with Crippen LogP contribution in [0, 0.1) is 0 Å². The van der Waals surface area contributed by atoms with Crippen LogP contribution in [0.15, 0.2) is 4.99 Å². The zero-order chi connectivity index (χ0) is 22.6. The zero-order valence-corrected chi connectivity index (χ0v) is 20.4. The minimum atomic E-state index is -0.509. The second-order valence-electron chi connectivity index (χ2n) is 9.32. The third-order valence-electron chi connectivity index (χ3n) is 5.69. The molecular weight excluding hydrogens is 380 g/mol. The highest BCUT2D eigenvalue weighted by Gasteiger charge is 2.30. The Morgan fingerprint density at radius 2 is 1.77 bits per heavy atom. The van der Waals surface area contributed by atoms with Gasteiger partial charge in [-0.2, -0.15) is 0 Å². The Bertz CT molecular complexity index is 528. The van der Waals surface area contributed by atoms with Gasteiger partial charge in [-0.25, -0.2) is 4.79 Å². The fourth-order valence-electron chi connectivity index (χ4n) is 3.55. The first-order chi connectivity index (χ1) is 14.1. The number of hydrogen-bond donors (Lipinski definition) is 3. The summed E-state index contributed by atoms with van der Waals surface area (Å²) >= 11 is 0. The normalized spacial score (nSPS) is 17.4. The van der Waals surface area contributed by atoms with E-state index >= 15 is 0 Å². The van der Waals surface area contributed by atoms with Gasteiger partial charge in [-0.3, -0.25) is 4.99 Å². The summed E-state index contributed by atoms with van der Waals surface area (Å²) in [7, 11) is 3.98. The van der Waals surface area contributed by atoms with Crippen LogP contribution in [0.5, 0.6) is 0 Å². The van der Waals surface area contributed by atoms with Crippen molar-refractivity contribution in [2.45, 2.75) is 71.4 Å². The molecule has 30 heavy (non-hydrogen) atoms. The lowest BCUT2D eigenvalue weighted by atomic mass is 9.93. The average molecular weight is 427 g/mol. The number of guanidine groups is 1.